The van der Waals surface area contributed by atoms with Gasteiger partial charge in [0.2, 0.25) is 0 Å². The van der Waals surface area contributed by atoms with E-state index < -0.39 is 11.9 Å². The maximum atomic E-state index is 12.0. The summed E-state index contributed by atoms with van der Waals surface area (Å²) in [6.07, 6.45) is 2.75. The monoisotopic (exact) mass is 407 g/mol. The minimum Gasteiger partial charge on any atom is -0.496 e. The van der Waals surface area contributed by atoms with Gasteiger partial charge in [0.25, 0.3) is 5.91 Å². The number of para-hydroxylation sites is 1. The summed E-state index contributed by atoms with van der Waals surface area (Å²) in [6, 6.07) is 12.0. The molecule has 0 saturated carbocycles. The molecule has 0 aliphatic heterocycles. The number of ether oxygens (including phenoxy) is 2. The number of carbonyl (C=O) groups is 2. The minimum absolute atomic E-state index is 0.292. The van der Waals surface area contributed by atoms with Gasteiger partial charge < -0.3 is 14.8 Å². The molecule has 1 N–H and O–H groups in total. The highest BCUT2D eigenvalue weighted by atomic mass is 35.5. The van der Waals surface area contributed by atoms with Crippen molar-refractivity contribution in [3.05, 3.63) is 69.7 Å². The third kappa shape index (κ3) is 6.31. The molecule has 0 saturated heterocycles. The summed E-state index contributed by atoms with van der Waals surface area (Å²) in [5, 5.41) is 3.58. The second kappa shape index (κ2) is 10.00. The van der Waals surface area contributed by atoms with Crippen molar-refractivity contribution in [1.82, 2.24) is 5.32 Å². The first-order valence-electron chi connectivity index (χ1n) is 8.13. The van der Waals surface area contributed by atoms with Crippen LogP contribution in [0.4, 0.5) is 0 Å². The van der Waals surface area contributed by atoms with Gasteiger partial charge in [0, 0.05) is 11.6 Å². The molecule has 1 unspecified atom stereocenters. The van der Waals surface area contributed by atoms with E-state index in [9.17, 15) is 9.59 Å². The number of carbonyl (C=O) groups excluding carboxylic acids is 2. The minimum atomic E-state index is -0.638. The number of nitrogens with one attached hydrogen (secondary N) is 1. The summed E-state index contributed by atoms with van der Waals surface area (Å²) < 4.78 is 10.2. The van der Waals surface area contributed by atoms with Gasteiger partial charge in [-0.1, -0.05) is 47.5 Å². The second-order valence-corrected chi connectivity index (χ2v) is 6.46. The zero-order valence-corrected chi connectivity index (χ0v) is 16.4. The zero-order chi connectivity index (χ0) is 19.8. The summed E-state index contributed by atoms with van der Waals surface area (Å²) in [7, 11) is 1.56. The van der Waals surface area contributed by atoms with Crippen LogP contribution in [-0.2, 0) is 14.3 Å². The normalized spacial score (nSPS) is 11.9. The lowest BCUT2D eigenvalue weighted by Crippen LogP contribution is -2.31. The maximum absolute atomic E-state index is 12.0. The summed E-state index contributed by atoms with van der Waals surface area (Å²) >= 11 is 11.7. The largest absolute Gasteiger partial charge is 0.496 e. The summed E-state index contributed by atoms with van der Waals surface area (Å²) in [5.74, 6) is -0.377. The number of amides is 1. The van der Waals surface area contributed by atoms with Gasteiger partial charge >= 0.3 is 5.97 Å². The molecule has 2 aromatic rings. The van der Waals surface area contributed by atoms with Crippen molar-refractivity contribution in [3.8, 4) is 5.75 Å². The predicted molar refractivity (Wildman–Crippen MR) is 106 cm³/mol. The molecule has 2 aromatic carbocycles. The molecule has 1 atom stereocenters. The summed E-state index contributed by atoms with van der Waals surface area (Å²) in [6.45, 7) is 1.44. The Morgan fingerprint density at radius 1 is 1.15 bits per heavy atom. The lowest BCUT2D eigenvalue weighted by molar-refractivity contribution is -0.144. The Morgan fingerprint density at radius 2 is 1.89 bits per heavy atom. The van der Waals surface area contributed by atoms with Gasteiger partial charge in [-0.2, -0.15) is 0 Å². The quantitative estimate of drug-likeness (QED) is 0.544. The van der Waals surface area contributed by atoms with Gasteiger partial charge in [-0.15, -0.1) is 0 Å². The molecule has 0 spiro atoms. The van der Waals surface area contributed by atoms with E-state index in [4.69, 9.17) is 32.7 Å². The predicted octanol–water partition coefficient (Wildman–Crippen LogP) is 4.44. The molecule has 1 amide bonds. The molecule has 0 aromatic heterocycles. The lowest BCUT2D eigenvalue weighted by Gasteiger charge is -2.17. The molecular weight excluding hydrogens is 389 g/mol. The van der Waals surface area contributed by atoms with Crippen molar-refractivity contribution in [2.24, 2.45) is 0 Å². The van der Waals surface area contributed by atoms with Crippen molar-refractivity contribution in [3.63, 3.8) is 0 Å². The Kier molecular flexibility index (Phi) is 7.70. The standard InChI is InChI=1S/C20H19Cl2NO4/c1-13(15-5-3-4-6-18(15)26-2)23-19(24)12-27-20(25)10-8-14-7-9-16(21)17(22)11-14/h3-11,13H,12H2,1-2H3,(H,23,24)/b10-8+. The van der Waals surface area contributed by atoms with E-state index in [1.807, 2.05) is 31.2 Å². The van der Waals surface area contributed by atoms with Gasteiger partial charge in [0.15, 0.2) is 6.61 Å². The Balaban J connectivity index is 1.84. The van der Waals surface area contributed by atoms with Crippen molar-refractivity contribution < 1.29 is 19.1 Å². The van der Waals surface area contributed by atoms with Crippen molar-refractivity contribution >= 4 is 41.2 Å². The fourth-order valence-corrected chi connectivity index (χ4v) is 2.66. The second-order valence-electron chi connectivity index (χ2n) is 5.65. The van der Waals surface area contributed by atoms with Crippen LogP contribution in [0.25, 0.3) is 6.08 Å². The SMILES string of the molecule is COc1ccccc1C(C)NC(=O)COC(=O)/C=C/c1ccc(Cl)c(Cl)c1. The zero-order valence-electron chi connectivity index (χ0n) is 14.9. The number of rotatable bonds is 7. The first-order valence-corrected chi connectivity index (χ1v) is 8.88. The van der Waals surface area contributed by atoms with Crippen molar-refractivity contribution in [2.75, 3.05) is 13.7 Å². The first-order chi connectivity index (χ1) is 12.9. The van der Waals surface area contributed by atoms with E-state index in [2.05, 4.69) is 5.32 Å². The number of halogens is 2. The number of methoxy groups -OCH3 is 1. The van der Waals surface area contributed by atoms with E-state index in [0.29, 0.717) is 21.4 Å². The number of benzene rings is 2. The van der Waals surface area contributed by atoms with Crippen molar-refractivity contribution in [2.45, 2.75) is 13.0 Å². The molecule has 142 valence electrons. The summed E-state index contributed by atoms with van der Waals surface area (Å²) in [4.78, 5) is 23.8. The third-order valence-corrected chi connectivity index (χ3v) is 4.42. The van der Waals surface area contributed by atoms with E-state index in [0.717, 1.165) is 5.56 Å². The van der Waals surface area contributed by atoms with Crippen LogP contribution in [0.5, 0.6) is 5.75 Å². The van der Waals surface area contributed by atoms with E-state index in [-0.39, 0.29) is 12.6 Å². The molecule has 7 heteroatoms. The molecule has 0 radical (unpaired) electrons. The van der Waals surface area contributed by atoms with Gasteiger partial charge in [-0.05, 0) is 36.8 Å². The topological polar surface area (TPSA) is 64.6 Å². The highest BCUT2D eigenvalue weighted by Gasteiger charge is 2.14. The highest BCUT2D eigenvalue weighted by molar-refractivity contribution is 6.42. The Morgan fingerprint density at radius 3 is 2.59 bits per heavy atom. The fraction of sp³-hybridized carbons (Fsp3) is 0.200. The molecule has 27 heavy (non-hydrogen) atoms. The third-order valence-electron chi connectivity index (χ3n) is 3.68. The highest BCUT2D eigenvalue weighted by Crippen LogP contribution is 2.24. The van der Waals surface area contributed by atoms with Gasteiger partial charge in [0.1, 0.15) is 5.75 Å². The van der Waals surface area contributed by atoms with Crippen LogP contribution >= 0.6 is 23.2 Å². The Bertz CT molecular complexity index is 852. The number of esters is 1. The lowest BCUT2D eigenvalue weighted by atomic mass is 10.1. The van der Waals surface area contributed by atoms with E-state index in [1.54, 1.807) is 25.3 Å². The molecule has 0 bridgehead atoms. The number of hydrogen-bond acceptors (Lipinski definition) is 4. The Labute approximate surface area is 167 Å². The maximum Gasteiger partial charge on any atom is 0.331 e. The van der Waals surface area contributed by atoms with Gasteiger partial charge in [-0.25, -0.2) is 4.79 Å². The van der Waals surface area contributed by atoms with Crippen LogP contribution in [0, 0.1) is 0 Å². The average molecular weight is 408 g/mol. The molecule has 0 fully saturated rings. The van der Waals surface area contributed by atoms with Crippen LogP contribution in [-0.4, -0.2) is 25.6 Å². The molecule has 5 nitrogen and oxygen atoms in total. The van der Waals surface area contributed by atoms with Crippen LogP contribution in [0.3, 0.4) is 0 Å². The van der Waals surface area contributed by atoms with Gasteiger partial charge in [-0.3, -0.25) is 4.79 Å². The van der Waals surface area contributed by atoms with E-state index in [1.165, 1.54) is 12.2 Å². The first kappa shape index (κ1) is 20.8. The van der Waals surface area contributed by atoms with Crippen LogP contribution in [0.2, 0.25) is 10.0 Å². The van der Waals surface area contributed by atoms with Gasteiger partial charge in [0.05, 0.1) is 23.2 Å². The molecule has 0 heterocycles. The van der Waals surface area contributed by atoms with Crippen LogP contribution in [0.15, 0.2) is 48.5 Å². The molecular formula is C20H19Cl2NO4. The average Bonchev–Trinajstić information content (AvgIpc) is 2.67. The molecule has 2 rings (SSSR count). The van der Waals surface area contributed by atoms with Crippen LogP contribution < -0.4 is 10.1 Å². The number of hydrogen-bond donors (Lipinski definition) is 1. The molecule has 0 aliphatic carbocycles. The van der Waals surface area contributed by atoms with Crippen LogP contribution in [0.1, 0.15) is 24.1 Å². The molecule has 0 aliphatic rings. The van der Waals surface area contributed by atoms with Crippen molar-refractivity contribution in [1.29, 1.82) is 0 Å². The smallest absolute Gasteiger partial charge is 0.331 e. The van der Waals surface area contributed by atoms with E-state index >= 15 is 0 Å². The summed E-state index contributed by atoms with van der Waals surface area (Å²) in [5.41, 5.74) is 1.52. The Hall–Kier alpha value is -2.50. The fourth-order valence-electron chi connectivity index (χ4n) is 2.35.